The summed E-state index contributed by atoms with van der Waals surface area (Å²) in [7, 11) is 3.18. The molecule has 2 aromatic rings. The van der Waals surface area contributed by atoms with Crippen LogP contribution in [0.1, 0.15) is 119 Å². The first-order valence-electron chi connectivity index (χ1n) is 20.3. The van der Waals surface area contributed by atoms with Gasteiger partial charge in [0.2, 0.25) is 6.41 Å². The first-order chi connectivity index (χ1) is 27.3. The quantitative estimate of drug-likeness (QED) is 0.0981. The van der Waals surface area contributed by atoms with Crippen molar-refractivity contribution in [2.45, 2.75) is 151 Å². The van der Waals surface area contributed by atoms with Crippen molar-refractivity contribution in [3.8, 4) is 0 Å². The number of hydrogen-bond donors (Lipinski definition) is 5. The minimum absolute atomic E-state index is 0.375. The third-order valence-corrected chi connectivity index (χ3v) is 7.39. The van der Waals surface area contributed by atoms with E-state index in [1.165, 1.54) is 24.1 Å². The molecule has 332 valence electrons. The Labute approximate surface area is 350 Å². The van der Waals surface area contributed by atoms with Crippen molar-refractivity contribution >= 4 is 31.2 Å². The third-order valence-electron chi connectivity index (χ3n) is 7.39. The van der Waals surface area contributed by atoms with Gasteiger partial charge in [0, 0.05) is 32.8 Å². The average molecular weight is 818 g/mol. The lowest BCUT2D eigenvalue weighted by Gasteiger charge is -2.24. The highest BCUT2D eigenvalue weighted by Crippen LogP contribution is 2.16. The molecule has 1 aliphatic heterocycles. The Kier molecular flexibility index (Phi) is 34.7. The Morgan fingerprint density at radius 1 is 0.810 bits per heavy atom. The van der Waals surface area contributed by atoms with Crippen LogP contribution in [0.15, 0.2) is 54.6 Å². The Hall–Kier alpha value is -4.33. The van der Waals surface area contributed by atoms with E-state index in [0.29, 0.717) is 38.1 Å². The molecule has 2 unspecified atom stereocenters. The number of nitrogens with one attached hydrogen (secondary N) is 3. The standard InChI is InChI=1S/C14H19NO3.C12H22N2O4.C10H13N.C6H15N.C2H6.CH4O/c1-14(2,3)18-13(17)15-12(10-16)9-11-7-5-4-6-8-11;1-12(2,3)18-11(17)13-7-5-4-6-10(8-15)14-9-16;1-11-7-6-9-4-2-3-5-10(9)8-11;1-5(2)4-6(3)7;2*1-2/h4-8,10,12H,9H2,1-3H3,(H,15,17);8-10H,4-7H2,1-3H3,(H,13,17)(H,14,16);2-5H,6-8H2,1H3;5-6H,4,7H2,1-3H3;1-2H3;2H,1H3/t;10-;;;;/m.1..../s1. The van der Waals surface area contributed by atoms with Crippen molar-refractivity contribution in [1.29, 1.82) is 0 Å². The van der Waals surface area contributed by atoms with Crippen molar-refractivity contribution in [2.24, 2.45) is 11.7 Å². The number of ether oxygens (including phenoxy) is 2. The fourth-order valence-electron chi connectivity index (χ4n) is 5.11. The molecule has 0 saturated heterocycles. The van der Waals surface area contributed by atoms with Gasteiger partial charge >= 0.3 is 12.2 Å². The number of nitrogens with zero attached hydrogens (tertiary/aromatic N) is 1. The highest BCUT2D eigenvalue weighted by atomic mass is 16.6. The van der Waals surface area contributed by atoms with Crippen LogP contribution in [0.2, 0.25) is 0 Å². The molecule has 0 aromatic heterocycles. The van der Waals surface area contributed by atoms with Gasteiger partial charge in [-0.2, -0.15) is 0 Å². The summed E-state index contributed by atoms with van der Waals surface area (Å²) < 4.78 is 10.2. The summed E-state index contributed by atoms with van der Waals surface area (Å²) >= 11 is 0. The molecule has 3 atom stereocenters. The second-order valence-electron chi connectivity index (χ2n) is 15.9. The molecule has 13 nitrogen and oxygen atoms in total. The van der Waals surface area contributed by atoms with Crippen LogP contribution < -0.4 is 21.7 Å². The molecule has 6 N–H and O–H groups in total. The van der Waals surface area contributed by atoms with Crippen molar-refractivity contribution in [3.63, 3.8) is 0 Å². The molecule has 0 bridgehead atoms. The zero-order valence-corrected chi connectivity index (χ0v) is 37.9. The summed E-state index contributed by atoms with van der Waals surface area (Å²) in [4.78, 5) is 56.7. The van der Waals surface area contributed by atoms with E-state index in [4.69, 9.17) is 20.3 Å². The summed E-state index contributed by atoms with van der Waals surface area (Å²) in [5.41, 5.74) is 8.45. The smallest absolute Gasteiger partial charge is 0.408 e. The highest BCUT2D eigenvalue weighted by Gasteiger charge is 2.19. The lowest BCUT2D eigenvalue weighted by Crippen LogP contribution is -2.41. The fraction of sp³-hybridized carbons (Fsp3) is 0.622. The fourth-order valence-corrected chi connectivity index (χ4v) is 5.11. The molecule has 0 radical (unpaired) electrons. The largest absolute Gasteiger partial charge is 0.444 e. The van der Waals surface area contributed by atoms with Crippen molar-refractivity contribution in [3.05, 3.63) is 71.3 Å². The Balaban J connectivity index is -0.000000706. The maximum absolute atomic E-state index is 11.5. The molecule has 0 spiro atoms. The normalized spacial score (nSPS) is 13.2. The Bertz CT molecular complexity index is 1340. The average Bonchev–Trinajstić information content (AvgIpc) is 3.14. The number of aliphatic hydroxyl groups excluding tert-OH is 1. The molecule has 3 amide bonds. The van der Waals surface area contributed by atoms with E-state index in [9.17, 15) is 24.0 Å². The lowest BCUT2D eigenvalue weighted by atomic mass is 10.0. The summed E-state index contributed by atoms with van der Waals surface area (Å²) in [6.07, 6.45) is 5.76. The van der Waals surface area contributed by atoms with Gasteiger partial charge in [-0.05, 0) is 117 Å². The lowest BCUT2D eigenvalue weighted by molar-refractivity contribution is -0.115. The zero-order chi connectivity index (χ0) is 45.2. The molecule has 3 rings (SSSR count). The summed E-state index contributed by atoms with van der Waals surface area (Å²) in [5.74, 6) is 0.750. The summed E-state index contributed by atoms with van der Waals surface area (Å²) in [6.45, 7) is 24.0. The van der Waals surface area contributed by atoms with E-state index in [2.05, 4.69) is 66.0 Å². The van der Waals surface area contributed by atoms with Gasteiger partial charge in [0.25, 0.3) is 0 Å². The number of hydrogen-bond acceptors (Lipinski definition) is 10. The van der Waals surface area contributed by atoms with E-state index < -0.39 is 35.5 Å². The number of aldehydes is 2. The number of likely N-dealkylation sites (N-methyl/N-ethyl adjacent to an activating group) is 1. The monoisotopic (exact) mass is 818 g/mol. The number of benzene rings is 2. The van der Waals surface area contributed by atoms with Crippen LogP contribution in [0.5, 0.6) is 0 Å². The predicted octanol–water partition coefficient (Wildman–Crippen LogP) is 7.01. The molecule has 13 heteroatoms. The number of carbonyl (C=O) groups excluding carboxylic acids is 5. The maximum atomic E-state index is 11.5. The maximum Gasteiger partial charge on any atom is 0.408 e. The zero-order valence-electron chi connectivity index (χ0n) is 37.9. The van der Waals surface area contributed by atoms with Gasteiger partial charge in [0.05, 0.1) is 12.1 Å². The van der Waals surface area contributed by atoms with Crippen LogP contribution in [-0.4, -0.2) is 97.7 Å². The number of amides is 3. The summed E-state index contributed by atoms with van der Waals surface area (Å²) in [5, 5.41) is 14.6. The topological polar surface area (TPSA) is 189 Å². The van der Waals surface area contributed by atoms with E-state index in [1.807, 2.05) is 51.1 Å². The van der Waals surface area contributed by atoms with Crippen molar-refractivity contribution in [2.75, 3.05) is 27.2 Å². The van der Waals surface area contributed by atoms with E-state index >= 15 is 0 Å². The molecule has 1 aliphatic rings. The van der Waals surface area contributed by atoms with Gasteiger partial charge in [0.15, 0.2) is 0 Å². The molecule has 0 fully saturated rings. The van der Waals surface area contributed by atoms with Gasteiger partial charge < -0.3 is 50.8 Å². The number of unbranched alkanes of at least 4 members (excludes halogenated alkanes) is 1. The van der Waals surface area contributed by atoms with Crippen LogP contribution in [-0.2, 0) is 43.2 Å². The second-order valence-corrected chi connectivity index (χ2v) is 15.9. The van der Waals surface area contributed by atoms with Crippen LogP contribution >= 0.6 is 0 Å². The second kappa shape index (κ2) is 34.7. The first-order valence-corrected chi connectivity index (χ1v) is 20.3. The minimum Gasteiger partial charge on any atom is -0.444 e. The molecular weight excluding hydrogens is 739 g/mol. The third kappa shape index (κ3) is 36.0. The minimum atomic E-state index is -0.574. The van der Waals surface area contributed by atoms with Crippen LogP contribution in [0, 0.1) is 5.92 Å². The first kappa shape index (κ1) is 58.0. The molecule has 1 heterocycles. The molecular formula is C45H79N5O8. The number of nitrogens with two attached hydrogens (primary N) is 1. The van der Waals surface area contributed by atoms with E-state index in [1.54, 1.807) is 41.5 Å². The molecule has 2 aromatic carbocycles. The highest BCUT2D eigenvalue weighted by molar-refractivity contribution is 5.73. The molecule has 0 saturated carbocycles. The van der Waals surface area contributed by atoms with Gasteiger partial charge in [-0.25, -0.2) is 9.59 Å². The molecule has 58 heavy (non-hydrogen) atoms. The number of aliphatic hydroxyl groups is 1. The number of alkyl carbamates (subject to hydrolysis) is 2. The van der Waals surface area contributed by atoms with Crippen LogP contribution in [0.3, 0.4) is 0 Å². The van der Waals surface area contributed by atoms with E-state index in [0.717, 1.165) is 50.7 Å². The van der Waals surface area contributed by atoms with Gasteiger partial charge in [-0.3, -0.25) is 4.79 Å². The van der Waals surface area contributed by atoms with Crippen molar-refractivity contribution in [1.82, 2.24) is 20.9 Å². The number of rotatable bonds is 14. The van der Waals surface area contributed by atoms with Crippen LogP contribution in [0.25, 0.3) is 0 Å². The van der Waals surface area contributed by atoms with E-state index in [-0.39, 0.29) is 0 Å². The van der Waals surface area contributed by atoms with Crippen LogP contribution in [0.4, 0.5) is 9.59 Å². The van der Waals surface area contributed by atoms with Gasteiger partial charge in [-0.15, -0.1) is 0 Å². The van der Waals surface area contributed by atoms with Gasteiger partial charge in [-0.1, -0.05) is 82.3 Å². The van der Waals surface area contributed by atoms with Crippen molar-refractivity contribution < 1.29 is 38.6 Å². The van der Waals surface area contributed by atoms with Gasteiger partial charge in [0.1, 0.15) is 23.8 Å². The SMILES string of the molecule is CC.CC(C)(C)OC(=O)NC(C=O)Cc1ccccc1.CC(C)(C)OC(=O)NCCCC[C@H](C=O)NC=O.CC(C)CC(C)N.CN1CCc2ccccc2C1.CO. The molecule has 0 aliphatic carbocycles. The Morgan fingerprint density at radius 3 is 1.79 bits per heavy atom. The summed E-state index contributed by atoms with van der Waals surface area (Å²) in [6, 6.07) is 17.6. The number of carbonyl (C=O) groups is 5. The Morgan fingerprint density at radius 2 is 1.33 bits per heavy atom. The number of fused-ring (bicyclic) bond motifs is 1. The predicted molar refractivity (Wildman–Crippen MR) is 236 cm³/mol.